The molecule has 2 heterocycles. The molecular weight excluding hydrogens is 326 g/mol. The summed E-state index contributed by atoms with van der Waals surface area (Å²) in [7, 11) is 0. The van der Waals surface area contributed by atoms with Crippen LogP contribution in [0.5, 0.6) is 0 Å². The molecule has 1 saturated heterocycles. The molecule has 1 aromatic heterocycles. The number of hydrogen-bond donors (Lipinski definition) is 2. The molecule has 1 fully saturated rings. The van der Waals surface area contributed by atoms with Crippen LogP contribution in [0.25, 0.3) is 0 Å². The second kappa shape index (κ2) is 7.32. The topological polar surface area (TPSA) is 73.9 Å². The highest BCUT2D eigenvalue weighted by Gasteiger charge is 2.28. The fourth-order valence-corrected chi connectivity index (χ4v) is 3.38. The van der Waals surface area contributed by atoms with Crippen molar-refractivity contribution in [1.82, 2.24) is 20.1 Å². The molecule has 24 heavy (non-hydrogen) atoms. The van der Waals surface area contributed by atoms with Gasteiger partial charge in [0.05, 0.1) is 16.8 Å². The Morgan fingerprint density at radius 2 is 2.17 bits per heavy atom. The number of aromatic amines is 1. The van der Waals surface area contributed by atoms with Gasteiger partial charge in [0.25, 0.3) is 0 Å². The van der Waals surface area contributed by atoms with E-state index in [4.69, 9.17) is 11.6 Å². The van der Waals surface area contributed by atoms with Gasteiger partial charge in [-0.25, -0.2) is 4.98 Å². The summed E-state index contributed by atoms with van der Waals surface area (Å²) in [4.78, 5) is 19.0. The standard InChI is InChI=1S/C17H22ClN5O/c1-11-3-4-15(14(18)9-11)21-17(24)12(2)23-7-5-13(6-8-23)16-19-10-20-22-16/h3-4,9-10,12-13H,5-8H2,1-2H3,(H,21,24)(H,19,20,22). The van der Waals surface area contributed by atoms with Crippen LogP contribution >= 0.6 is 11.6 Å². The van der Waals surface area contributed by atoms with Crippen LogP contribution in [0.15, 0.2) is 24.5 Å². The van der Waals surface area contributed by atoms with E-state index in [1.54, 1.807) is 6.33 Å². The molecule has 1 aliphatic heterocycles. The zero-order valence-corrected chi connectivity index (χ0v) is 14.7. The molecular formula is C17H22ClN5O. The van der Waals surface area contributed by atoms with Gasteiger partial charge in [0.1, 0.15) is 12.2 Å². The van der Waals surface area contributed by atoms with Crippen LogP contribution in [-0.2, 0) is 4.79 Å². The number of likely N-dealkylation sites (tertiary alicyclic amines) is 1. The number of halogens is 1. The number of carbonyl (C=O) groups excluding carboxylic acids is 1. The van der Waals surface area contributed by atoms with E-state index >= 15 is 0 Å². The van der Waals surface area contributed by atoms with Crippen LogP contribution in [0, 0.1) is 6.92 Å². The molecule has 0 spiro atoms. The summed E-state index contributed by atoms with van der Waals surface area (Å²) in [6.07, 6.45) is 3.49. The van der Waals surface area contributed by atoms with E-state index in [0.29, 0.717) is 16.6 Å². The Morgan fingerprint density at radius 1 is 1.42 bits per heavy atom. The van der Waals surface area contributed by atoms with Crippen LogP contribution < -0.4 is 5.32 Å². The van der Waals surface area contributed by atoms with E-state index in [1.807, 2.05) is 32.0 Å². The lowest BCUT2D eigenvalue weighted by atomic mass is 9.95. The first-order valence-corrected chi connectivity index (χ1v) is 8.58. The summed E-state index contributed by atoms with van der Waals surface area (Å²) in [5.74, 6) is 1.31. The van der Waals surface area contributed by atoms with Crippen molar-refractivity contribution in [3.05, 3.63) is 40.9 Å². The lowest BCUT2D eigenvalue weighted by Gasteiger charge is -2.34. The number of hydrogen-bond acceptors (Lipinski definition) is 4. The third-order valence-corrected chi connectivity index (χ3v) is 4.97. The summed E-state index contributed by atoms with van der Waals surface area (Å²) in [5.41, 5.74) is 1.73. The van der Waals surface area contributed by atoms with E-state index in [1.165, 1.54) is 0 Å². The average molecular weight is 348 g/mol. The van der Waals surface area contributed by atoms with Crippen LogP contribution in [0.2, 0.25) is 5.02 Å². The van der Waals surface area contributed by atoms with Gasteiger partial charge in [-0.3, -0.25) is 14.8 Å². The van der Waals surface area contributed by atoms with Crippen molar-refractivity contribution < 1.29 is 4.79 Å². The van der Waals surface area contributed by atoms with Crippen molar-refractivity contribution in [3.8, 4) is 0 Å². The van der Waals surface area contributed by atoms with Gasteiger partial charge >= 0.3 is 0 Å². The van der Waals surface area contributed by atoms with Gasteiger partial charge in [-0.2, -0.15) is 5.10 Å². The van der Waals surface area contributed by atoms with Gasteiger partial charge in [0.2, 0.25) is 5.91 Å². The SMILES string of the molecule is Cc1ccc(NC(=O)C(C)N2CCC(c3ncn[nH]3)CC2)c(Cl)c1. The number of piperidine rings is 1. The first-order valence-electron chi connectivity index (χ1n) is 8.21. The molecule has 2 aromatic rings. The van der Waals surface area contributed by atoms with E-state index in [2.05, 4.69) is 25.4 Å². The van der Waals surface area contributed by atoms with Crippen molar-refractivity contribution >= 4 is 23.2 Å². The van der Waals surface area contributed by atoms with E-state index in [0.717, 1.165) is 37.3 Å². The van der Waals surface area contributed by atoms with Crippen molar-refractivity contribution in [3.63, 3.8) is 0 Å². The number of H-pyrrole nitrogens is 1. The smallest absolute Gasteiger partial charge is 0.241 e. The van der Waals surface area contributed by atoms with Gasteiger partial charge in [0.15, 0.2) is 0 Å². The third kappa shape index (κ3) is 3.76. The summed E-state index contributed by atoms with van der Waals surface area (Å²) >= 11 is 6.20. The molecule has 1 aliphatic rings. The second-order valence-electron chi connectivity index (χ2n) is 6.33. The summed E-state index contributed by atoms with van der Waals surface area (Å²) in [6.45, 7) is 5.63. The molecule has 1 aromatic carbocycles. The summed E-state index contributed by atoms with van der Waals surface area (Å²) < 4.78 is 0. The Kier molecular flexibility index (Phi) is 5.16. The van der Waals surface area contributed by atoms with Crippen LogP contribution in [0.1, 0.15) is 37.1 Å². The maximum Gasteiger partial charge on any atom is 0.241 e. The summed E-state index contributed by atoms with van der Waals surface area (Å²) in [5, 5.41) is 10.4. The van der Waals surface area contributed by atoms with E-state index in [-0.39, 0.29) is 11.9 Å². The number of nitrogens with one attached hydrogen (secondary N) is 2. The molecule has 0 bridgehead atoms. The number of nitrogens with zero attached hydrogens (tertiary/aromatic N) is 3. The minimum atomic E-state index is -0.196. The first-order chi connectivity index (χ1) is 11.5. The van der Waals surface area contributed by atoms with Crippen LogP contribution in [-0.4, -0.2) is 45.1 Å². The molecule has 128 valence electrons. The molecule has 6 nitrogen and oxygen atoms in total. The van der Waals surface area contributed by atoms with Crippen molar-refractivity contribution in [1.29, 1.82) is 0 Å². The molecule has 2 N–H and O–H groups in total. The molecule has 3 rings (SSSR count). The molecule has 0 radical (unpaired) electrons. The maximum absolute atomic E-state index is 12.5. The molecule has 0 aliphatic carbocycles. The van der Waals surface area contributed by atoms with Crippen LogP contribution in [0.4, 0.5) is 5.69 Å². The molecule has 1 atom stereocenters. The van der Waals surface area contributed by atoms with Crippen molar-refractivity contribution in [2.45, 2.75) is 38.6 Å². The monoisotopic (exact) mass is 347 g/mol. The van der Waals surface area contributed by atoms with Gasteiger partial charge in [-0.05, 0) is 57.5 Å². The number of carbonyl (C=O) groups is 1. The predicted molar refractivity (Wildman–Crippen MR) is 94.2 cm³/mol. The number of amides is 1. The van der Waals surface area contributed by atoms with Crippen molar-refractivity contribution in [2.75, 3.05) is 18.4 Å². The highest BCUT2D eigenvalue weighted by molar-refractivity contribution is 6.33. The Bertz CT molecular complexity index is 695. The quantitative estimate of drug-likeness (QED) is 0.891. The van der Waals surface area contributed by atoms with Crippen LogP contribution in [0.3, 0.4) is 0 Å². The van der Waals surface area contributed by atoms with Gasteiger partial charge in [0, 0.05) is 5.92 Å². The molecule has 1 amide bonds. The van der Waals surface area contributed by atoms with Gasteiger partial charge in [-0.15, -0.1) is 0 Å². The highest BCUT2D eigenvalue weighted by atomic mass is 35.5. The zero-order chi connectivity index (χ0) is 17.1. The van der Waals surface area contributed by atoms with Gasteiger partial charge < -0.3 is 5.32 Å². The fourth-order valence-electron chi connectivity index (χ4n) is 3.10. The predicted octanol–water partition coefficient (Wildman–Crippen LogP) is 2.97. The Morgan fingerprint density at radius 3 is 2.79 bits per heavy atom. The van der Waals surface area contributed by atoms with Gasteiger partial charge in [-0.1, -0.05) is 17.7 Å². The number of anilines is 1. The lowest BCUT2D eigenvalue weighted by Crippen LogP contribution is -2.45. The normalized spacial score (nSPS) is 17.6. The molecule has 0 saturated carbocycles. The fraction of sp³-hybridized carbons (Fsp3) is 0.471. The Balaban J connectivity index is 1.56. The zero-order valence-electron chi connectivity index (χ0n) is 13.9. The Hall–Kier alpha value is -1.92. The highest BCUT2D eigenvalue weighted by Crippen LogP contribution is 2.27. The first kappa shape index (κ1) is 16.9. The number of rotatable bonds is 4. The maximum atomic E-state index is 12.5. The number of benzene rings is 1. The minimum absolute atomic E-state index is 0.0288. The van der Waals surface area contributed by atoms with E-state index in [9.17, 15) is 4.79 Å². The number of aryl methyl sites for hydroxylation is 1. The third-order valence-electron chi connectivity index (χ3n) is 4.66. The lowest BCUT2D eigenvalue weighted by molar-refractivity contribution is -0.121. The van der Waals surface area contributed by atoms with E-state index < -0.39 is 0 Å². The average Bonchev–Trinajstić information content (AvgIpc) is 3.11. The Labute approximate surface area is 146 Å². The molecule has 7 heteroatoms. The second-order valence-corrected chi connectivity index (χ2v) is 6.74. The molecule has 1 unspecified atom stereocenters. The number of aromatic nitrogens is 3. The minimum Gasteiger partial charge on any atom is -0.323 e. The summed E-state index contributed by atoms with van der Waals surface area (Å²) in [6, 6.07) is 5.44. The van der Waals surface area contributed by atoms with Crippen molar-refractivity contribution in [2.24, 2.45) is 0 Å². The largest absolute Gasteiger partial charge is 0.323 e.